The van der Waals surface area contributed by atoms with Crippen molar-refractivity contribution in [2.24, 2.45) is 0 Å². The summed E-state index contributed by atoms with van der Waals surface area (Å²) in [6.07, 6.45) is 29.7. The summed E-state index contributed by atoms with van der Waals surface area (Å²) in [6, 6.07) is 7.42. The Morgan fingerprint density at radius 3 is 1.63 bits per heavy atom. The van der Waals surface area contributed by atoms with E-state index in [1.807, 2.05) is 29.2 Å². The minimum atomic E-state index is 0.0551. The molecule has 2 rings (SSSR count). The molecule has 1 aliphatic rings. The molecule has 4 heteroatoms. The van der Waals surface area contributed by atoms with Crippen molar-refractivity contribution in [3.8, 4) is 0 Å². The maximum Gasteiger partial charge on any atom is 0.253 e. The number of nitrogens with zero attached hydrogens (tertiary/aromatic N) is 1. The van der Waals surface area contributed by atoms with Gasteiger partial charge >= 0.3 is 0 Å². The van der Waals surface area contributed by atoms with Crippen LogP contribution in [0, 0.1) is 0 Å². The van der Waals surface area contributed by atoms with Crippen LogP contribution < -0.4 is 5.32 Å². The van der Waals surface area contributed by atoms with Gasteiger partial charge in [0.1, 0.15) is 0 Å². The Labute approximate surface area is 234 Å². The molecule has 1 saturated heterocycles. The maximum absolute atomic E-state index is 12.7. The van der Waals surface area contributed by atoms with E-state index in [0.717, 1.165) is 44.5 Å². The topological polar surface area (TPSA) is 49.4 Å². The van der Waals surface area contributed by atoms with Gasteiger partial charge in [-0.05, 0) is 43.9 Å². The van der Waals surface area contributed by atoms with Crippen LogP contribution in [0.1, 0.15) is 165 Å². The number of carbonyl (C=O) groups is 2. The molecule has 0 aromatic heterocycles. The largest absolute Gasteiger partial charge is 0.339 e. The number of unbranched alkanes of at least 4 members (excludes halogenated alkanes) is 18. The van der Waals surface area contributed by atoms with E-state index in [9.17, 15) is 9.59 Å². The lowest BCUT2D eigenvalue weighted by atomic mass is 10.0. The predicted molar refractivity (Wildman–Crippen MR) is 163 cm³/mol. The van der Waals surface area contributed by atoms with E-state index in [4.69, 9.17) is 0 Å². The minimum absolute atomic E-state index is 0.0551. The van der Waals surface area contributed by atoms with Crippen LogP contribution in [0.3, 0.4) is 0 Å². The Balaban J connectivity index is 1.38. The van der Waals surface area contributed by atoms with Gasteiger partial charge in [-0.1, -0.05) is 129 Å². The van der Waals surface area contributed by atoms with E-state index in [1.165, 1.54) is 116 Å². The molecule has 1 heterocycles. The van der Waals surface area contributed by atoms with Gasteiger partial charge in [0.15, 0.2) is 0 Å². The molecule has 0 saturated carbocycles. The number of hydrogen-bond acceptors (Lipinski definition) is 2. The number of rotatable bonds is 22. The Bertz CT molecular complexity index is 742. The molecular formula is C34H58N2O2. The second-order valence-corrected chi connectivity index (χ2v) is 11.6. The number of amides is 2. The van der Waals surface area contributed by atoms with Gasteiger partial charge in [-0.15, -0.1) is 0 Å². The fourth-order valence-corrected chi connectivity index (χ4v) is 5.60. The molecule has 1 aromatic carbocycles. The van der Waals surface area contributed by atoms with Gasteiger partial charge in [0.25, 0.3) is 5.91 Å². The van der Waals surface area contributed by atoms with E-state index >= 15 is 0 Å². The van der Waals surface area contributed by atoms with Crippen molar-refractivity contribution in [1.82, 2.24) is 4.90 Å². The summed E-state index contributed by atoms with van der Waals surface area (Å²) in [5, 5.41) is 2.99. The van der Waals surface area contributed by atoms with E-state index in [-0.39, 0.29) is 11.8 Å². The first-order valence-electron chi connectivity index (χ1n) is 16.4. The van der Waals surface area contributed by atoms with Crippen LogP contribution in [0.2, 0.25) is 0 Å². The SMILES string of the molecule is CCCCCCCCCCCCCCCCCCCCCC(=O)Nc1cccc(C(=O)N2CCCCC2)c1. The summed E-state index contributed by atoms with van der Waals surface area (Å²) in [6.45, 7) is 3.97. The van der Waals surface area contributed by atoms with Crippen molar-refractivity contribution < 1.29 is 9.59 Å². The van der Waals surface area contributed by atoms with Gasteiger partial charge in [0, 0.05) is 30.8 Å². The van der Waals surface area contributed by atoms with Crippen LogP contribution in [0.5, 0.6) is 0 Å². The molecule has 0 bridgehead atoms. The van der Waals surface area contributed by atoms with E-state index in [2.05, 4.69) is 12.2 Å². The molecule has 0 spiro atoms. The lowest BCUT2D eigenvalue weighted by Gasteiger charge is -2.26. The Morgan fingerprint density at radius 1 is 0.658 bits per heavy atom. The maximum atomic E-state index is 12.7. The van der Waals surface area contributed by atoms with Crippen molar-refractivity contribution in [2.75, 3.05) is 18.4 Å². The number of carbonyl (C=O) groups excluding carboxylic acids is 2. The van der Waals surface area contributed by atoms with Crippen LogP contribution in [-0.2, 0) is 4.79 Å². The van der Waals surface area contributed by atoms with Crippen molar-refractivity contribution in [3.05, 3.63) is 29.8 Å². The first-order chi connectivity index (χ1) is 18.7. The first kappa shape index (κ1) is 32.4. The van der Waals surface area contributed by atoms with Crippen LogP contribution in [0.15, 0.2) is 24.3 Å². The molecule has 1 fully saturated rings. The molecule has 0 aliphatic carbocycles. The second kappa shape index (κ2) is 22.0. The number of piperidine rings is 1. The molecule has 216 valence electrons. The van der Waals surface area contributed by atoms with Crippen molar-refractivity contribution in [1.29, 1.82) is 0 Å². The Hall–Kier alpha value is -1.84. The molecule has 1 N–H and O–H groups in total. The summed E-state index contributed by atoms with van der Waals surface area (Å²) in [4.78, 5) is 27.0. The molecule has 0 atom stereocenters. The summed E-state index contributed by atoms with van der Waals surface area (Å²) < 4.78 is 0. The fraction of sp³-hybridized carbons (Fsp3) is 0.765. The Kier molecular flexibility index (Phi) is 18.8. The monoisotopic (exact) mass is 526 g/mol. The molecule has 0 unspecified atom stereocenters. The molecule has 38 heavy (non-hydrogen) atoms. The zero-order valence-electron chi connectivity index (χ0n) is 24.8. The average molecular weight is 527 g/mol. The third-order valence-corrected chi connectivity index (χ3v) is 8.04. The van der Waals surface area contributed by atoms with E-state index in [1.54, 1.807) is 0 Å². The highest BCUT2D eigenvalue weighted by Gasteiger charge is 2.18. The van der Waals surface area contributed by atoms with Crippen LogP contribution in [0.4, 0.5) is 5.69 Å². The normalized spacial score (nSPS) is 13.6. The summed E-state index contributed by atoms with van der Waals surface area (Å²) in [5.74, 6) is 0.138. The number of hydrogen-bond donors (Lipinski definition) is 1. The minimum Gasteiger partial charge on any atom is -0.339 e. The van der Waals surface area contributed by atoms with Crippen molar-refractivity contribution in [2.45, 2.75) is 155 Å². The van der Waals surface area contributed by atoms with E-state index in [0.29, 0.717) is 12.0 Å². The molecule has 1 aliphatic heterocycles. The molecule has 0 radical (unpaired) electrons. The number of nitrogens with one attached hydrogen (secondary N) is 1. The van der Waals surface area contributed by atoms with Crippen LogP contribution in [-0.4, -0.2) is 29.8 Å². The van der Waals surface area contributed by atoms with Gasteiger partial charge < -0.3 is 10.2 Å². The zero-order valence-corrected chi connectivity index (χ0v) is 24.8. The van der Waals surface area contributed by atoms with Gasteiger partial charge in [-0.3, -0.25) is 9.59 Å². The van der Waals surface area contributed by atoms with Crippen LogP contribution in [0.25, 0.3) is 0 Å². The molecule has 1 aromatic rings. The summed E-state index contributed by atoms with van der Waals surface area (Å²) in [7, 11) is 0. The number of benzene rings is 1. The first-order valence-corrected chi connectivity index (χ1v) is 16.4. The van der Waals surface area contributed by atoms with Gasteiger partial charge in [-0.2, -0.15) is 0 Å². The summed E-state index contributed by atoms with van der Waals surface area (Å²) >= 11 is 0. The number of anilines is 1. The molecular weight excluding hydrogens is 468 g/mol. The zero-order chi connectivity index (χ0) is 27.1. The second-order valence-electron chi connectivity index (χ2n) is 11.6. The lowest BCUT2D eigenvalue weighted by molar-refractivity contribution is -0.116. The summed E-state index contributed by atoms with van der Waals surface area (Å²) in [5.41, 5.74) is 1.41. The smallest absolute Gasteiger partial charge is 0.253 e. The quantitative estimate of drug-likeness (QED) is 0.153. The lowest BCUT2D eigenvalue weighted by Crippen LogP contribution is -2.35. The molecule has 4 nitrogen and oxygen atoms in total. The van der Waals surface area contributed by atoms with Gasteiger partial charge in [0.2, 0.25) is 5.91 Å². The molecule has 2 amide bonds. The standard InChI is InChI=1S/C34H58N2O2/c1-2-3-4-5-6-7-8-9-10-11-12-13-14-15-16-17-18-19-21-27-33(37)35-32-26-24-25-31(30-32)34(38)36-28-22-20-23-29-36/h24-26,30H,2-23,27-29H2,1H3,(H,35,37). The third kappa shape index (κ3) is 15.5. The highest BCUT2D eigenvalue weighted by molar-refractivity contribution is 5.97. The van der Waals surface area contributed by atoms with Crippen LogP contribution >= 0.6 is 0 Å². The average Bonchev–Trinajstić information content (AvgIpc) is 2.94. The third-order valence-electron chi connectivity index (χ3n) is 8.04. The van der Waals surface area contributed by atoms with Gasteiger partial charge in [-0.25, -0.2) is 0 Å². The van der Waals surface area contributed by atoms with Crippen molar-refractivity contribution >= 4 is 17.5 Å². The predicted octanol–water partition coefficient (Wildman–Crippen LogP) is 10.1. The van der Waals surface area contributed by atoms with Gasteiger partial charge in [0.05, 0.1) is 0 Å². The highest BCUT2D eigenvalue weighted by Crippen LogP contribution is 2.18. The fourth-order valence-electron chi connectivity index (χ4n) is 5.60. The highest BCUT2D eigenvalue weighted by atomic mass is 16.2. The van der Waals surface area contributed by atoms with Crippen molar-refractivity contribution in [3.63, 3.8) is 0 Å². The Morgan fingerprint density at radius 2 is 1.13 bits per heavy atom. The van der Waals surface area contributed by atoms with E-state index < -0.39 is 0 Å². The number of likely N-dealkylation sites (tertiary alicyclic amines) is 1.